The van der Waals surface area contributed by atoms with Gasteiger partial charge in [-0.1, -0.05) is 44.2 Å². The number of hydrogen-bond donors (Lipinski definition) is 1. The van der Waals surface area contributed by atoms with E-state index < -0.39 is 0 Å². The van der Waals surface area contributed by atoms with Crippen molar-refractivity contribution in [1.82, 2.24) is 15.1 Å². The lowest BCUT2D eigenvalue weighted by Gasteiger charge is -2.59. The fourth-order valence-electron chi connectivity index (χ4n) is 5.32. The number of hydrogen-bond acceptors (Lipinski definition) is 3. The van der Waals surface area contributed by atoms with Crippen LogP contribution in [0, 0.1) is 11.3 Å². The molecule has 3 heterocycles. The molecule has 4 rings (SSSR count). The molecule has 1 aromatic rings. The molecule has 3 aliphatic heterocycles. The zero-order chi connectivity index (χ0) is 19.0. The summed E-state index contributed by atoms with van der Waals surface area (Å²) in [6.45, 7) is 8.57. The minimum absolute atomic E-state index is 0.0129. The smallest absolute Gasteiger partial charge is 0.245 e. The first-order valence-electron chi connectivity index (χ1n) is 10.3. The molecule has 0 aliphatic carbocycles. The highest BCUT2D eigenvalue weighted by molar-refractivity contribution is 5.91. The van der Waals surface area contributed by atoms with Crippen molar-refractivity contribution in [2.75, 3.05) is 19.6 Å². The molecule has 3 fully saturated rings. The van der Waals surface area contributed by atoms with Gasteiger partial charge < -0.3 is 10.2 Å². The normalized spacial score (nSPS) is 28.7. The summed E-state index contributed by atoms with van der Waals surface area (Å²) in [5.41, 5.74) is 1.54. The third-order valence-corrected chi connectivity index (χ3v) is 6.62. The van der Waals surface area contributed by atoms with Gasteiger partial charge in [-0.25, -0.2) is 0 Å². The van der Waals surface area contributed by atoms with Gasteiger partial charge in [0.15, 0.2) is 0 Å². The molecule has 3 aliphatic rings. The Labute approximate surface area is 162 Å². The van der Waals surface area contributed by atoms with Crippen LogP contribution in [-0.2, 0) is 16.1 Å². The van der Waals surface area contributed by atoms with Gasteiger partial charge in [-0.3, -0.25) is 14.5 Å². The molecule has 1 N–H and O–H groups in total. The maximum atomic E-state index is 12.9. The van der Waals surface area contributed by atoms with Gasteiger partial charge in [0.2, 0.25) is 11.8 Å². The molecule has 0 radical (unpaired) electrons. The van der Waals surface area contributed by atoms with Crippen molar-refractivity contribution in [2.45, 2.75) is 58.2 Å². The molecule has 1 unspecified atom stereocenters. The van der Waals surface area contributed by atoms with Crippen molar-refractivity contribution < 1.29 is 9.59 Å². The largest absolute Gasteiger partial charge is 0.344 e. The topological polar surface area (TPSA) is 52.7 Å². The molecule has 0 bridgehead atoms. The highest BCUT2D eigenvalue weighted by atomic mass is 16.2. The maximum absolute atomic E-state index is 12.9. The molecule has 146 valence electrons. The minimum atomic E-state index is -0.297. The summed E-state index contributed by atoms with van der Waals surface area (Å²) in [6.07, 6.45) is 3.41. The number of nitrogens with zero attached hydrogens (tertiary/aromatic N) is 2. The van der Waals surface area contributed by atoms with Crippen molar-refractivity contribution in [3.8, 4) is 0 Å². The first kappa shape index (κ1) is 18.5. The Morgan fingerprint density at radius 1 is 1.15 bits per heavy atom. The molecule has 3 saturated heterocycles. The Morgan fingerprint density at radius 3 is 2.44 bits per heavy atom. The van der Waals surface area contributed by atoms with E-state index in [1.165, 1.54) is 5.56 Å². The van der Waals surface area contributed by atoms with E-state index in [0.717, 1.165) is 39.0 Å². The van der Waals surface area contributed by atoms with Gasteiger partial charge in [-0.2, -0.15) is 0 Å². The van der Waals surface area contributed by atoms with Crippen molar-refractivity contribution in [1.29, 1.82) is 0 Å². The molecular formula is C22H31N3O2. The molecule has 0 saturated carbocycles. The molecule has 5 nitrogen and oxygen atoms in total. The van der Waals surface area contributed by atoms with E-state index in [4.69, 9.17) is 0 Å². The summed E-state index contributed by atoms with van der Waals surface area (Å²) in [6, 6.07) is 10.7. The highest BCUT2D eigenvalue weighted by Crippen LogP contribution is 2.45. The summed E-state index contributed by atoms with van der Waals surface area (Å²) in [5.74, 6) is 0.706. The first-order valence-corrected chi connectivity index (χ1v) is 10.3. The minimum Gasteiger partial charge on any atom is -0.344 e. The second kappa shape index (κ2) is 7.27. The van der Waals surface area contributed by atoms with E-state index in [-0.39, 0.29) is 23.3 Å². The van der Waals surface area contributed by atoms with Crippen LogP contribution in [0.15, 0.2) is 30.3 Å². The monoisotopic (exact) mass is 369 g/mol. The fourth-order valence-corrected chi connectivity index (χ4v) is 5.32. The van der Waals surface area contributed by atoms with Gasteiger partial charge in [-0.15, -0.1) is 0 Å². The Kier molecular flexibility index (Phi) is 4.97. The molecule has 2 atom stereocenters. The lowest BCUT2D eigenvalue weighted by atomic mass is 9.66. The number of likely N-dealkylation sites (tertiary alicyclic amines) is 2. The SMILES string of the molecule is CC1(C)CN(C(=O)[C@H]2CCC(=O)N2)C1C1CCN(Cc2ccccc2)CC1. The van der Waals surface area contributed by atoms with Gasteiger partial charge in [0, 0.05) is 31.0 Å². The Bertz CT molecular complexity index is 695. The van der Waals surface area contributed by atoms with Gasteiger partial charge in [0.25, 0.3) is 0 Å². The molecule has 27 heavy (non-hydrogen) atoms. The summed E-state index contributed by atoms with van der Waals surface area (Å²) >= 11 is 0. The maximum Gasteiger partial charge on any atom is 0.245 e. The van der Waals surface area contributed by atoms with Gasteiger partial charge in [0.1, 0.15) is 6.04 Å². The zero-order valence-electron chi connectivity index (χ0n) is 16.5. The second-order valence-corrected chi connectivity index (χ2v) is 9.16. The standard InChI is InChI=1S/C22H31N3O2/c1-22(2)15-25(21(27)18-8-9-19(26)23-18)20(22)17-10-12-24(13-11-17)14-16-6-4-3-5-7-16/h3-7,17-18,20H,8-15H2,1-2H3,(H,23,26)/t18-,20?/m1/s1. The number of piperidine rings is 1. The Morgan fingerprint density at radius 2 is 1.85 bits per heavy atom. The molecule has 1 aromatic carbocycles. The number of benzene rings is 1. The summed E-state index contributed by atoms with van der Waals surface area (Å²) in [5, 5.41) is 2.85. The zero-order valence-corrected chi connectivity index (χ0v) is 16.5. The van der Waals surface area contributed by atoms with Crippen molar-refractivity contribution in [3.63, 3.8) is 0 Å². The van der Waals surface area contributed by atoms with Crippen LogP contribution in [0.3, 0.4) is 0 Å². The third-order valence-electron chi connectivity index (χ3n) is 6.62. The van der Waals surface area contributed by atoms with Gasteiger partial charge >= 0.3 is 0 Å². The average Bonchev–Trinajstić information content (AvgIpc) is 3.08. The van der Waals surface area contributed by atoms with Gasteiger partial charge in [-0.05, 0) is 43.8 Å². The van der Waals surface area contributed by atoms with Gasteiger partial charge in [0.05, 0.1) is 0 Å². The van der Waals surface area contributed by atoms with Crippen molar-refractivity contribution in [3.05, 3.63) is 35.9 Å². The fraction of sp³-hybridized carbons (Fsp3) is 0.636. The number of amides is 2. The summed E-state index contributed by atoms with van der Waals surface area (Å²) in [4.78, 5) is 29.0. The first-order chi connectivity index (χ1) is 12.9. The average molecular weight is 370 g/mol. The lowest BCUT2D eigenvalue weighted by Crippen LogP contribution is -2.69. The van der Waals surface area contributed by atoms with E-state index in [0.29, 0.717) is 24.8 Å². The van der Waals surface area contributed by atoms with Crippen LogP contribution in [0.1, 0.15) is 45.1 Å². The predicted molar refractivity (Wildman–Crippen MR) is 105 cm³/mol. The quantitative estimate of drug-likeness (QED) is 0.887. The summed E-state index contributed by atoms with van der Waals surface area (Å²) in [7, 11) is 0. The number of carbonyl (C=O) groups is 2. The van der Waals surface area contributed by atoms with Crippen LogP contribution in [0.4, 0.5) is 0 Å². The van der Waals surface area contributed by atoms with E-state index in [1.807, 2.05) is 0 Å². The molecule has 0 aromatic heterocycles. The molecule has 5 heteroatoms. The third kappa shape index (κ3) is 3.75. The van der Waals surface area contributed by atoms with E-state index in [1.54, 1.807) is 0 Å². The van der Waals surface area contributed by atoms with E-state index in [2.05, 4.69) is 59.3 Å². The predicted octanol–water partition coefficient (Wildman–Crippen LogP) is 2.41. The van der Waals surface area contributed by atoms with Crippen molar-refractivity contribution in [2.24, 2.45) is 11.3 Å². The molecule has 0 spiro atoms. The Hall–Kier alpha value is -1.88. The summed E-state index contributed by atoms with van der Waals surface area (Å²) < 4.78 is 0. The van der Waals surface area contributed by atoms with E-state index in [9.17, 15) is 9.59 Å². The van der Waals surface area contributed by atoms with Crippen LogP contribution in [0.5, 0.6) is 0 Å². The second-order valence-electron chi connectivity index (χ2n) is 9.16. The molecular weight excluding hydrogens is 338 g/mol. The Balaban J connectivity index is 1.35. The highest BCUT2D eigenvalue weighted by Gasteiger charge is 2.53. The van der Waals surface area contributed by atoms with Crippen LogP contribution in [-0.4, -0.2) is 53.3 Å². The lowest BCUT2D eigenvalue weighted by molar-refractivity contribution is -0.161. The number of nitrogens with one attached hydrogen (secondary N) is 1. The molecule has 2 amide bonds. The van der Waals surface area contributed by atoms with E-state index >= 15 is 0 Å². The number of carbonyl (C=O) groups excluding carboxylic acids is 2. The number of rotatable bonds is 4. The van der Waals surface area contributed by atoms with Crippen LogP contribution >= 0.6 is 0 Å². The van der Waals surface area contributed by atoms with Crippen LogP contribution in [0.2, 0.25) is 0 Å². The van der Waals surface area contributed by atoms with Crippen LogP contribution in [0.25, 0.3) is 0 Å². The van der Waals surface area contributed by atoms with Crippen molar-refractivity contribution >= 4 is 11.8 Å². The van der Waals surface area contributed by atoms with Crippen LogP contribution < -0.4 is 5.32 Å².